The Morgan fingerprint density at radius 1 is 1.12 bits per heavy atom. The summed E-state index contributed by atoms with van der Waals surface area (Å²) in [5.74, 6) is 0.534. The summed E-state index contributed by atoms with van der Waals surface area (Å²) < 4.78 is 0. The first-order valence-electron chi connectivity index (χ1n) is 6.15. The van der Waals surface area contributed by atoms with Crippen molar-refractivity contribution in [3.8, 4) is 0 Å². The molecule has 1 aromatic rings. The summed E-state index contributed by atoms with van der Waals surface area (Å²) in [7, 11) is 0. The van der Waals surface area contributed by atoms with E-state index in [4.69, 9.17) is 0 Å². The number of hydrogen-bond donors (Lipinski definition) is 2. The lowest BCUT2D eigenvalue weighted by atomic mass is 9.94. The molecule has 0 radical (unpaired) electrons. The van der Waals surface area contributed by atoms with E-state index in [-0.39, 0.29) is 12.6 Å². The summed E-state index contributed by atoms with van der Waals surface area (Å²) >= 11 is 0. The molecule has 2 N–H and O–H groups in total. The second kappa shape index (κ2) is 6.54. The molecule has 0 bridgehead atoms. The van der Waals surface area contributed by atoms with Gasteiger partial charge in [0.05, 0.1) is 12.6 Å². The summed E-state index contributed by atoms with van der Waals surface area (Å²) in [5.41, 5.74) is 2.35. The molecule has 0 amide bonds. The van der Waals surface area contributed by atoms with Gasteiger partial charge in [0.1, 0.15) is 0 Å². The van der Waals surface area contributed by atoms with Gasteiger partial charge in [-0.15, -0.1) is 0 Å². The Hall–Kier alpha value is -1.02. The molecule has 0 aliphatic carbocycles. The molecular weight excluding hydrogens is 198 g/mol. The van der Waals surface area contributed by atoms with Gasteiger partial charge in [-0.1, -0.05) is 44.4 Å². The third kappa shape index (κ3) is 3.53. The van der Waals surface area contributed by atoms with Gasteiger partial charge in [0.25, 0.3) is 0 Å². The average molecular weight is 221 g/mol. The molecule has 1 aromatic carbocycles. The molecule has 0 spiro atoms. The normalized spacial score (nSPS) is 12.8. The zero-order valence-electron chi connectivity index (χ0n) is 10.5. The molecule has 16 heavy (non-hydrogen) atoms. The van der Waals surface area contributed by atoms with Gasteiger partial charge >= 0.3 is 0 Å². The first-order valence-corrected chi connectivity index (χ1v) is 6.15. The minimum atomic E-state index is 0.165. The number of benzene rings is 1. The summed E-state index contributed by atoms with van der Waals surface area (Å²) in [6.07, 6.45) is 2.20. The van der Waals surface area contributed by atoms with Crippen LogP contribution in [0.1, 0.15) is 32.3 Å². The topological polar surface area (TPSA) is 32.3 Å². The number of aryl methyl sites for hydroxylation is 1. The Morgan fingerprint density at radius 2 is 1.69 bits per heavy atom. The van der Waals surface area contributed by atoms with E-state index in [2.05, 4.69) is 50.4 Å². The molecule has 2 heteroatoms. The molecule has 0 aliphatic heterocycles. The zero-order valence-corrected chi connectivity index (χ0v) is 10.5. The number of aliphatic hydroxyl groups is 1. The van der Waals surface area contributed by atoms with Crippen LogP contribution in [0, 0.1) is 12.8 Å². The Labute approximate surface area is 98.7 Å². The largest absolute Gasteiger partial charge is 0.394 e. The molecule has 0 aromatic heterocycles. The highest BCUT2D eigenvalue weighted by Crippen LogP contribution is 2.18. The highest BCUT2D eigenvalue weighted by molar-refractivity contribution is 5.45. The smallest absolute Gasteiger partial charge is 0.0635 e. The standard InChI is InChI=1S/C14H23NO/c1-4-12(5-2)14(10-16)15-13-8-6-11(3)7-9-13/h6-9,12,14-16H,4-5,10H2,1-3H3. The molecule has 1 unspecified atom stereocenters. The minimum absolute atomic E-state index is 0.165. The quantitative estimate of drug-likeness (QED) is 0.773. The van der Waals surface area contributed by atoms with E-state index in [0.717, 1.165) is 18.5 Å². The van der Waals surface area contributed by atoms with E-state index in [0.29, 0.717) is 5.92 Å². The number of rotatable bonds is 6. The number of aliphatic hydroxyl groups excluding tert-OH is 1. The van der Waals surface area contributed by atoms with Crippen LogP contribution in [0.3, 0.4) is 0 Å². The Balaban J connectivity index is 2.65. The third-order valence-electron chi connectivity index (χ3n) is 3.22. The van der Waals surface area contributed by atoms with Gasteiger partial charge in [0, 0.05) is 5.69 Å². The van der Waals surface area contributed by atoms with Gasteiger partial charge in [-0.2, -0.15) is 0 Å². The SMILES string of the molecule is CCC(CC)C(CO)Nc1ccc(C)cc1. The van der Waals surface area contributed by atoms with Crippen LogP contribution in [0.2, 0.25) is 0 Å². The lowest BCUT2D eigenvalue weighted by Gasteiger charge is -2.25. The van der Waals surface area contributed by atoms with Crippen LogP contribution in [0.25, 0.3) is 0 Å². The molecule has 0 saturated heterocycles. The molecule has 1 rings (SSSR count). The monoisotopic (exact) mass is 221 g/mol. The van der Waals surface area contributed by atoms with Crippen molar-refractivity contribution in [3.05, 3.63) is 29.8 Å². The summed E-state index contributed by atoms with van der Waals surface area (Å²) in [6, 6.07) is 8.48. The number of hydrogen-bond acceptors (Lipinski definition) is 2. The Bertz CT molecular complexity index is 290. The predicted octanol–water partition coefficient (Wildman–Crippen LogP) is 3.20. The van der Waals surface area contributed by atoms with Crippen molar-refractivity contribution >= 4 is 5.69 Å². The van der Waals surface area contributed by atoms with E-state index < -0.39 is 0 Å². The maximum atomic E-state index is 9.41. The fourth-order valence-corrected chi connectivity index (χ4v) is 2.03. The van der Waals surface area contributed by atoms with E-state index in [1.807, 2.05) is 0 Å². The third-order valence-corrected chi connectivity index (χ3v) is 3.22. The van der Waals surface area contributed by atoms with E-state index in [9.17, 15) is 5.11 Å². The highest BCUT2D eigenvalue weighted by Gasteiger charge is 2.16. The molecule has 0 saturated carbocycles. The van der Waals surface area contributed by atoms with Crippen molar-refractivity contribution in [2.24, 2.45) is 5.92 Å². The maximum Gasteiger partial charge on any atom is 0.0635 e. The van der Waals surface area contributed by atoms with Gasteiger partial charge in [-0.05, 0) is 25.0 Å². The Kier molecular flexibility index (Phi) is 5.33. The fraction of sp³-hybridized carbons (Fsp3) is 0.571. The lowest BCUT2D eigenvalue weighted by Crippen LogP contribution is -2.32. The Morgan fingerprint density at radius 3 is 2.12 bits per heavy atom. The first kappa shape index (κ1) is 13.0. The van der Waals surface area contributed by atoms with Gasteiger partial charge < -0.3 is 10.4 Å². The second-order valence-corrected chi connectivity index (χ2v) is 4.38. The van der Waals surface area contributed by atoms with Gasteiger partial charge in [0.15, 0.2) is 0 Å². The maximum absolute atomic E-state index is 9.41. The van der Waals surface area contributed by atoms with Gasteiger partial charge in [-0.3, -0.25) is 0 Å². The van der Waals surface area contributed by atoms with Crippen LogP contribution < -0.4 is 5.32 Å². The van der Waals surface area contributed by atoms with Crippen LogP contribution in [-0.4, -0.2) is 17.8 Å². The lowest BCUT2D eigenvalue weighted by molar-refractivity contribution is 0.231. The van der Waals surface area contributed by atoms with Crippen LogP contribution in [0.5, 0.6) is 0 Å². The van der Waals surface area contributed by atoms with E-state index in [1.54, 1.807) is 0 Å². The predicted molar refractivity (Wildman–Crippen MR) is 69.7 cm³/mol. The fourth-order valence-electron chi connectivity index (χ4n) is 2.03. The summed E-state index contributed by atoms with van der Waals surface area (Å²) in [6.45, 7) is 6.62. The number of anilines is 1. The molecule has 1 atom stereocenters. The van der Waals surface area contributed by atoms with Crippen molar-refractivity contribution < 1.29 is 5.11 Å². The van der Waals surface area contributed by atoms with Crippen molar-refractivity contribution in [2.75, 3.05) is 11.9 Å². The van der Waals surface area contributed by atoms with Crippen molar-refractivity contribution in [2.45, 2.75) is 39.7 Å². The van der Waals surface area contributed by atoms with Gasteiger partial charge in [-0.25, -0.2) is 0 Å². The molecule has 0 fully saturated rings. The van der Waals surface area contributed by atoms with Crippen LogP contribution in [0.4, 0.5) is 5.69 Å². The molecular formula is C14H23NO. The van der Waals surface area contributed by atoms with Gasteiger partial charge in [0.2, 0.25) is 0 Å². The average Bonchev–Trinajstić information content (AvgIpc) is 2.32. The second-order valence-electron chi connectivity index (χ2n) is 4.38. The minimum Gasteiger partial charge on any atom is -0.394 e. The van der Waals surface area contributed by atoms with Crippen molar-refractivity contribution in [3.63, 3.8) is 0 Å². The van der Waals surface area contributed by atoms with Crippen LogP contribution in [0.15, 0.2) is 24.3 Å². The van der Waals surface area contributed by atoms with Crippen molar-refractivity contribution in [1.29, 1.82) is 0 Å². The first-order chi connectivity index (χ1) is 7.71. The molecule has 90 valence electrons. The van der Waals surface area contributed by atoms with E-state index >= 15 is 0 Å². The summed E-state index contributed by atoms with van der Waals surface area (Å²) in [4.78, 5) is 0. The highest BCUT2D eigenvalue weighted by atomic mass is 16.3. The van der Waals surface area contributed by atoms with Crippen LogP contribution in [-0.2, 0) is 0 Å². The summed E-state index contributed by atoms with van der Waals surface area (Å²) in [5, 5.41) is 12.8. The number of nitrogens with one attached hydrogen (secondary N) is 1. The molecule has 0 heterocycles. The van der Waals surface area contributed by atoms with Crippen LogP contribution >= 0.6 is 0 Å². The zero-order chi connectivity index (χ0) is 12.0. The molecule has 0 aliphatic rings. The van der Waals surface area contributed by atoms with Crippen molar-refractivity contribution in [1.82, 2.24) is 0 Å². The molecule has 2 nitrogen and oxygen atoms in total. The van der Waals surface area contributed by atoms with E-state index in [1.165, 1.54) is 5.56 Å².